The zero-order chi connectivity index (χ0) is 27.7. The van der Waals surface area contributed by atoms with E-state index in [1.807, 2.05) is 6.07 Å². The summed E-state index contributed by atoms with van der Waals surface area (Å²) >= 11 is 0. The minimum absolute atomic E-state index is 0.189. The van der Waals surface area contributed by atoms with E-state index in [4.69, 9.17) is 9.47 Å². The van der Waals surface area contributed by atoms with Crippen molar-refractivity contribution in [1.82, 2.24) is 4.90 Å². The second kappa shape index (κ2) is 11.4. The fraction of sp³-hybridized carbons (Fsp3) is 0.594. The quantitative estimate of drug-likeness (QED) is 0.567. The van der Waals surface area contributed by atoms with E-state index in [1.54, 1.807) is 12.1 Å². The molecule has 2 aromatic rings. The summed E-state index contributed by atoms with van der Waals surface area (Å²) in [5.41, 5.74) is 2.36. The zero-order valence-electron chi connectivity index (χ0n) is 23.0. The largest absolute Gasteiger partial charge is 0.484 e. The molecule has 5 nitrogen and oxygen atoms in total. The molecule has 40 heavy (non-hydrogen) atoms. The van der Waals surface area contributed by atoms with Gasteiger partial charge >= 0.3 is 6.18 Å². The number of carbonyl (C=O) groups excluding carboxylic acids is 1. The molecule has 1 aliphatic carbocycles. The molecule has 8 heteroatoms. The Morgan fingerprint density at radius 2 is 1.85 bits per heavy atom. The van der Waals surface area contributed by atoms with Crippen LogP contribution in [-0.4, -0.2) is 55.9 Å². The predicted molar refractivity (Wildman–Crippen MR) is 145 cm³/mol. The summed E-state index contributed by atoms with van der Waals surface area (Å²) in [6.45, 7) is 1.32. The number of nitrogens with two attached hydrogens (primary N) is 1. The third-order valence-corrected chi connectivity index (χ3v) is 9.94. The van der Waals surface area contributed by atoms with Crippen molar-refractivity contribution in [2.24, 2.45) is 11.8 Å². The van der Waals surface area contributed by atoms with Crippen molar-refractivity contribution in [3.8, 4) is 5.75 Å². The first kappa shape index (κ1) is 27.6. The van der Waals surface area contributed by atoms with Gasteiger partial charge in [0.25, 0.3) is 0 Å². The molecule has 0 unspecified atom stereocenters. The Kier molecular flexibility index (Phi) is 7.83. The van der Waals surface area contributed by atoms with Crippen LogP contribution in [-0.2, 0) is 21.6 Å². The summed E-state index contributed by atoms with van der Waals surface area (Å²) in [4.78, 5) is 16.8. The third kappa shape index (κ3) is 5.37. The Morgan fingerprint density at radius 1 is 1.05 bits per heavy atom. The molecule has 4 atom stereocenters. The average Bonchev–Trinajstić information content (AvgIpc) is 3.40. The molecule has 3 heterocycles. The van der Waals surface area contributed by atoms with Gasteiger partial charge in [0.1, 0.15) is 11.7 Å². The van der Waals surface area contributed by atoms with Gasteiger partial charge < -0.3 is 19.7 Å². The highest BCUT2D eigenvalue weighted by Gasteiger charge is 2.56. The van der Waals surface area contributed by atoms with Crippen LogP contribution in [0.2, 0.25) is 0 Å². The minimum Gasteiger partial charge on any atom is -0.484 e. The maximum Gasteiger partial charge on any atom is 0.422 e. The number of piperidine rings is 1. The molecular weight excluding hydrogens is 517 g/mol. The fourth-order valence-electron chi connectivity index (χ4n) is 8.02. The van der Waals surface area contributed by atoms with Crippen molar-refractivity contribution in [1.29, 1.82) is 0 Å². The van der Waals surface area contributed by atoms with Crippen LogP contribution in [0.5, 0.6) is 5.75 Å². The average molecular weight is 558 g/mol. The lowest BCUT2D eigenvalue weighted by Gasteiger charge is -2.47. The Hall–Kier alpha value is -2.58. The lowest BCUT2D eigenvalue weighted by Crippen LogP contribution is -2.82. The Labute approximate surface area is 234 Å². The van der Waals surface area contributed by atoms with E-state index in [0.717, 1.165) is 24.9 Å². The van der Waals surface area contributed by atoms with E-state index in [1.165, 1.54) is 37.7 Å². The molecule has 1 saturated carbocycles. The lowest BCUT2D eigenvalue weighted by molar-refractivity contribution is -0.640. The lowest BCUT2D eigenvalue weighted by atomic mass is 9.68. The third-order valence-electron chi connectivity index (χ3n) is 9.94. The van der Waals surface area contributed by atoms with Crippen LogP contribution in [0.3, 0.4) is 0 Å². The predicted octanol–water partition coefficient (Wildman–Crippen LogP) is 4.94. The SMILES string of the molecule is O=C([C@@H]1C[NH2+]C[C@]12COCc1c(OCC(F)(F)F)cccc12)N1CC[C@@H](c2ccccc2)C[C@H]1C1CCCCC1. The van der Waals surface area contributed by atoms with Gasteiger partial charge in [-0.1, -0.05) is 61.7 Å². The number of rotatable bonds is 5. The van der Waals surface area contributed by atoms with Crippen molar-refractivity contribution in [3.63, 3.8) is 0 Å². The molecule has 2 saturated heterocycles. The monoisotopic (exact) mass is 557 g/mol. The molecule has 6 rings (SSSR count). The molecule has 0 bridgehead atoms. The summed E-state index contributed by atoms with van der Waals surface area (Å²) in [6.07, 6.45) is 3.58. The van der Waals surface area contributed by atoms with Crippen LogP contribution in [0, 0.1) is 11.8 Å². The second-order valence-electron chi connectivity index (χ2n) is 12.2. The summed E-state index contributed by atoms with van der Waals surface area (Å²) in [6, 6.07) is 16.2. The van der Waals surface area contributed by atoms with Crippen LogP contribution in [0.4, 0.5) is 13.2 Å². The van der Waals surface area contributed by atoms with Crippen molar-refractivity contribution in [2.75, 3.05) is 32.8 Å². The normalized spacial score (nSPS) is 29.4. The number of nitrogens with zero attached hydrogens (tertiary/aromatic N) is 1. The molecule has 3 aliphatic heterocycles. The Bertz CT molecular complexity index is 1180. The molecule has 4 aliphatic rings. The first-order valence-corrected chi connectivity index (χ1v) is 14.9. The highest BCUT2D eigenvalue weighted by Crippen LogP contribution is 2.45. The number of benzene rings is 2. The van der Waals surface area contributed by atoms with Crippen molar-refractivity contribution < 1.29 is 32.8 Å². The number of hydrogen-bond acceptors (Lipinski definition) is 3. The van der Waals surface area contributed by atoms with Gasteiger partial charge in [0.2, 0.25) is 5.91 Å². The van der Waals surface area contributed by atoms with Gasteiger partial charge in [-0.25, -0.2) is 0 Å². The van der Waals surface area contributed by atoms with Crippen molar-refractivity contribution in [3.05, 3.63) is 65.2 Å². The zero-order valence-corrected chi connectivity index (χ0v) is 23.0. The van der Waals surface area contributed by atoms with E-state index in [0.29, 0.717) is 37.1 Å². The van der Waals surface area contributed by atoms with E-state index in [2.05, 4.69) is 40.5 Å². The maximum absolute atomic E-state index is 14.6. The Morgan fingerprint density at radius 3 is 2.62 bits per heavy atom. The number of carbonyl (C=O) groups is 1. The first-order chi connectivity index (χ1) is 19.4. The molecule has 3 fully saturated rings. The molecule has 2 aromatic carbocycles. The van der Waals surface area contributed by atoms with E-state index < -0.39 is 18.2 Å². The smallest absolute Gasteiger partial charge is 0.422 e. The topological polar surface area (TPSA) is 55.4 Å². The molecule has 1 amide bonds. The van der Waals surface area contributed by atoms with E-state index in [-0.39, 0.29) is 30.2 Å². The maximum atomic E-state index is 14.6. The number of fused-ring (bicyclic) bond motifs is 2. The van der Waals surface area contributed by atoms with Gasteiger partial charge in [-0.2, -0.15) is 13.2 Å². The molecular formula is C32H40F3N2O3+. The summed E-state index contributed by atoms with van der Waals surface area (Å²) in [5.74, 6) is 1.07. The van der Waals surface area contributed by atoms with Gasteiger partial charge in [0, 0.05) is 18.2 Å². The van der Waals surface area contributed by atoms with Gasteiger partial charge in [0.15, 0.2) is 6.61 Å². The first-order valence-electron chi connectivity index (χ1n) is 14.9. The van der Waals surface area contributed by atoms with Crippen molar-refractivity contribution in [2.45, 2.75) is 75.1 Å². The standard InChI is InChI=1S/C32H39F3N2O3/c33-32(34,35)21-40-29-13-7-12-26-25(29)18-39-20-31(26)19-36-17-27(31)30(38)37-15-14-24(22-8-3-1-4-9-22)16-28(37)23-10-5-2-6-11-23/h1,3-4,7-9,12-13,23-24,27-28,36H,2,5-6,10-11,14-21H2/p+1/t24-,27+,28+,31-/m1/s1. The van der Waals surface area contributed by atoms with Gasteiger partial charge in [-0.15, -0.1) is 0 Å². The van der Waals surface area contributed by atoms with Gasteiger partial charge in [-0.05, 0) is 54.7 Å². The van der Waals surface area contributed by atoms with Gasteiger partial charge in [0.05, 0.1) is 31.7 Å². The number of quaternary nitrogens is 1. The summed E-state index contributed by atoms with van der Waals surface area (Å²) in [7, 11) is 0. The van der Waals surface area contributed by atoms with Crippen LogP contribution < -0.4 is 10.1 Å². The number of ether oxygens (including phenoxy) is 2. The van der Waals surface area contributed by atoms with Crippen LogP contribution in [0.15, 0.2) is 48.5 Å². The summed E-state index contributed by atoms with van der Waals surface area (Å²) in [5, 5.41) is 2.18. The molecule has 0 aromatic heterocycles. The fourth-order valence-corrected chi connectivity index (χ4v) is 8.02. The molecule has 2 N–H and O–H groups in total. The molecule has 1 spiro atoms. The number of hydrogen-bond donors (Lipinski definition) is 1. The number of alkyl halides is 3. The molecule has 0 radical (unpaired) electrons. The number of amides is 1. The highest BCUT2D eigenvalue weighted by molar-refractivity contribution is 5.82. The molecule has 216 valence electrons. The Balaban J connectivity index is 1.29. The highest BCUT2D eigenvalue weighted by atomic mass is 19.4. The van der Waals surface area contributed by atoms with Crippen LogP contribution in [0.25, 0.3) is 0 Å². The number of likely N-dealkylation sites (tertiary alicyclic amines) is 1. The van der Waals surface area contributed by atoms with Crippen molar-refractivity contribution >= 4 is 5.91 Å². The van der Waals surface area contributed by atoms with Gasteiger partial charge in [-0.3, -0.25) is 4.79 Å². The minimum atomic E-state index is -4.42. The second-order valence-corrected chi connectivity index (χ2v) is 12.2. The number of halogens is 3. The summed E-state index contributed by atoms with van der Waals surface area (Å²) < 4.78 is 50.1. The van der Waals surface area contributed by atoms with Crippen LogP contribution >= 0.6 is 0 Å². The van der Waals surface area contributed by atoms with E-state index >= 15 is 0 Å². The van der Waals surface area contributed by atoms with E-state index in [9.17, 15) is 18.0 Å². The van der Waals surface area contributed by atoms with Crippen LogP contribution in [0.1, 0.15) is 67.6 Å².